The summed E-state index contributed by atoms with van der Waals surface area (Å²) in [6.07, 6.45) is 1.25. The molecular formula is C14H25NO3. The molecule has 4 heteroatoms. The summed E-state index contributed by atoms with van der Waals surface area (Å²) in [4.78, 5) is 25.8. The lowest BCUT2D eigenvalue weighted by Crippen LogP contribution is -2.46. The van der Waals surface area contributed by atoms with Crippen molar-refractivity contribution in [2.45, 2.75) is 47.5 Å². The molecule has 1 aliphatic carbocycles. The summed E-state index contributed by atoms with van der Waals surface area (Å²) in [6.45, 7) is 10.9. The van der Waals surface area contributed by atoms with E-state index in [1.807, 2.05) is 27.7 Å². The number of amides is 1. The second-order valence-corrected chi connectivity index (χ2v) is 5.96. The van der Waals surface area contributed by atoms with Crippen LogP contribution in [0, 0.1) is 16.7 Å². The van der Waals surface area contributed by atoms with E-state index in [1.54, 1.807) is 11.8 Å². The predicted molar refractivity (Wildman–Crippen MR) is 70.2 cm³/mol. The number of carboxylic acids is 1. The molecular weight excluding hydrogens is 230 g/mol. The number of carboxylic acid groups (broad SMARTS) is 1. The molecule has 0 bridgehead atoms. The van der Waals surface area contributed by atoms with Crippen molar-refractivity contribution in [2.24, 2.45) is 16.7 Å². The molecule has 0 radical (unpaired) electrons. The molecule has 2 atom stereocenters. The molecule has 0 unspecified atom stereocenters. The highest BCUT2D eigenvalue weighted by atomic mass is 16.4. The Morgan fingerprint density at radius 2 is 1.72 bits per heavy atom. The van der Waals surface area contributed by atoms with E-state index in [0.717, 1.165) is 0 Å². The van der Waals surface area contributed by atoms with Gasteiger partial charge in [-0.25, -0.2) is 0 Å². The van der Waals surface area contributed by atoms with Gasteiger partial charge in [0.15, 0.2) is 0 Å². The van der Waals surface area contributed by atoms with Crippen LogP contribution in [0.3, 0.4) is 0 Å². The second-order valence-electron chi connectivity index (χ2n) is 5.96. The number of carbonyl (C=O) groups excluding carboxylic acids is 1. The van der Waals surface area contributed by atoms with Gasteiger partial charge in [-0.2, -0.15) is 0 Å². The zero-order valence-electron chi connectivity index (χ0n) is 12.1. The van der Waals surface area contributed by atoms with Crippen molar-refractivity contribution in [3.8, 4) is 0 Å². The number of aliphatic carboxylic acids is 1. The average Bonchev–Trinajstić information content (AvgIpc) is 2.53. The summed E-state index contributed by atoms with van der Waals surface area (Å²) in [7, 11) is 0. The Morgan fingerprint density at radius 3 is 2.06 bits per heavy atom. The third-order valence-electron chi connectivity index (χ3n) is 5.07. The summed E-state index contributed by atoms with van der Waals surface area (Å²) in [5.74, 6) is -0.865. The molecule has 0 aromatic carbocycles. The number of nitrogens with zero attached hydrogens (tertiary/aromatic N) is 1. The minimum absolute atomic E-state index is 0.106. The van der Waals surface area contributed by atoms with Gasteiger partial charge in [-0.1, -0.05) is 13.8 Å². The Kier molecular flexibility index (Phi) is 4.08. The van der Waals surface area contributed by atoms with Crippen LogP contribution in [0.15, 0.2) is 0 Å². The molecule has 1 N–H and O–H groups in total. The van der Waals surface area contributed by atoms with Crippen molar-refractivity contribution in [1.82, 2.24) is 4.90 Å². The van der Waals surface area contributed by atoms with Crippen LogP contribution in [0.1, 0.15) is 47.5 Å². The highest BCUT2D eigenvalue weighted by Crippen LogP contribution is 2.56. The van der Waals surface area contributed by atoms with Crippen LogP contribution in [-0.4, -0.2) is 35.0 Å². The van der Waals surface area contributed by atoms with Crippen LogP contribution >= 0.6 is 0 Å². The summed E-state index contributed by atoms with van der Waals surface area (Å²) < 4.78 is 0. The topological polar surface area (TPSA) is 57.6 Å². The smallest absolute Gasteiger partial charge is 0.309 e. The maximum absolute atomic E-state index is 12.5. The maximum Gasteiger partial charge on any atom is 0.309 e. The molecule has 0 spiro atoms. The van der Waals surface area contributed by atoms with Gasteiger partial charge in [0.1, 0.15) is 0 Å². The van der Waals surface area contributed by atoms with Crippen molar-refractivity contribution >= 4 is 11.9 Å². The monoisotopic (exact) mass is 255 g/mol. The fourth-order valence-corrected chi connectivity index (χ4v) is 3.07. The molecule has 104 valence electrons. The molecule has 1 aliphatic rings. The first kappa shape index (κ1) is 15.0. The van der Waals surface area contributed by atoms with E-state index in [0.29, 0.717) is 25.9 Å². The van der Waals surface area contributed by atoms with Crippen molar-refractivity contribution in [3.63, 3.8) is 0 Å². The van der Waals surface area contributed by atoms with Gasteiger partial charge in [0.05, 0.1) is 5.41 Å². The zero-order valence-corrected chi connectivity index (χ0v) is 12.1. The van der Waals surface area contributed by atoms with Crippen molar-refractivity contribution < 1.29 is 14.7 Å². The molecule has 1 fully saturated rings. The van der Waals surface area contributed by atoms with Gasteiger partial charge in [-0.15, -0.1) is 0 Å². The number of hydrogen-bond acceptors (Lipinski definition) is 2. The zero-order chi connectivity index (χ0) is 14.1. The Hall–Kier alpha value is -1.06. The Balaban J connectivity index is 3.02. The van der Waals surface area contributed by atoms with Crippen LogP contribution in [0.2, 0.25) is 0 Å². The summed E-state index contributed by atoms with van der Waals surface area (Å²) >= 11 is 0. The van der Waals surface area contributed by atoms with Gasteiger partial charge >= 0.3 is 5.97 Å². The van der Waals surface area contributed by atoms with E-state index in [4.69, 9.17) is 0 Å². The molecule has 0 heterocycles. The molecule has 1 amide bonds. The molecule has 1 saturated carbocycles. The third kappa shape index (κ3) is 2.02. The Bertz CT molecular complexity index is 347. The predicted octanol–water partition coefficient (Wildman–Crippen LogP) is 2.38. The van der Waals surface area contributed by atoms with E-state index in [1.165, 1.54) is 0 Å². The van der Waals surface area contributed by atoms with E-state index < -0.39 is 16.8 Å². The van der Waals surface area contributed by atoms with Gasteiger partial charge in [-0.05, 0) is 39.0 Å². The Morgan fingerprint density at radius 1 is 1.22 bits per heavy atom. The molecule has 1 rings (SSSR count). The van der Waals surface area contributed by atoms with Crippen LogP contribution < -0.4 is 0 Å². The van der Waals surface area contributed by atoms with E-state index in [9.17, 15) is 14.7 Å². The number of hydrogen-bond donors (Lipinski definition) is 1. The fourth-order valence-electron chi connectivity index (χ4n) is 3.07. The average molecular weight is 255 g/mol. The number of carbonyl (C=O) groups is 2. The van der Waals surface area contributed by atoms with Crippen molar-refractivity contribution in [2.75, 3.05) is 13.1 Å². The van der Waals surface area contributed by atoms with Crippen molar-refractivity contribution in [3.05, 3.63) is 0 Å². The van der Waals surface area contributed by atoms with E-state index >= 15 is 0 Å². The first-order valence-electron chi connectivity index (χ1n) is 6.74. The lowest BCUT2D eigenvalue weighted by Gasteiger charge is -2.39. The van der Waals surface area contributed by atoms with Gasteiger partial charge in [-0.3, -0.25) is 9.59 Å². The first-order chi connectivity index (χ1) is 8.22. The van der Waals surface area contributed by atoms with Crippen LogP contribution in [0.25, 0.3) is 0 Å². The molecule has 0 aliphatic heterocycles. The highest BCUT2D eigenvalue weighted by Gasteiger charge is 2.58. The summed E-state index contributed by atoms with van der Waals surface area (Å²) in [5, 5.41) is 9.44. The summed E-state index contributed by atoms with van der Waals surface area (Å²) in [6, 6.07) is 0. The molecule has 0 aromatic rings. The Labute approximate surface area is 109 Å². The largest absolute Gasteiger partial charge is 0.481 e. The number of rotatable bonds is 4. The minimum Gasteiger partial charge on any atom is -0.481 e. The van der Waals surface area contributed by atoms with Gasteiger partial charge in [0, 0.05) is 19.0 Å². The lowest BCUT2D eigenvalue weighted by molar-refractivity contribution is -0.156. The first-order valence-corrected chi connectivity index (χ1v) is 6.74. The fraction of sp³-hybridized carbons (Fsp3) is 0.857. The quantitative estimate of drug-likeness (QED) is 0.839. The van der Waals surface area contributed by atoms with Crippen LogP contribution in [-0.2, 0) is 9.59 Å². The molecule has 0 saturated heterocycles. The SMILES string of the molecule is CCN(CC)C(=O)[C@H]1CC[C@](C)(C(=O)O)C1(C)C. The summed E-state index contributed by atoms with van der Waals surface area (Å²) in [5.41, 5.74) is -1.31. The normalized spacial score (nSPS) is 30.2. The second kappa shape index (κ2) is 4.90. The van der Waals surface area contributed by atoms with Gasteiger partial charge in [0.25, 0.3) is 0 Å². The van der Waals surface area contributed by atoms with Crippen molar-refractivity contribution in [1.29, 1.82) is 0 Å². The third-order valence-corrected chi connectivity index (χ3v) is 5.07. The van der Waals surface area contributed by atoms with E-state index in [2.05, 4.69) is 0 Å². The standard InChI is InChI=1S/C14H25NO3/c1-6-15(7-2)11(16)10-8-9-14(5,12(17)18)13(10,3)4/h10H,6-9H2,1-5H3,(H,17,18)/t10-,14-/m1/s1. The van der Waals surface area contributed by atoms with Gasteiger partial charge < -0.3 is 10.0 Å². The highest BCUT2D eigenvalue weighted by molar-refractivity contribution is 5.84. The maximum atomic E-state index is 12.5. The van der Waals surface area contributed by atoms with Crippen LogP contribution in [0.5, 0.6) is 0 Å². The molecule has 0 aromatic heterocycles. The van der Waals surface area contributed by atoms with E-state index in [-0.39, 0.29) is 11.8 Å². The van der Waals surface area contributed by atoms with Gasteiger partial charge in [0.2, 0.25) is 5.91 Å². The van der Waals surface area contributed by atoms with Crippen LogP contribution in [0.4, 0.5) is 0 Å². The minimum atomic E-state index is -0.805. The molecule has 18 heavy (non-hydrogen) atoms. The molecule has 4 nitrogen and oxygen atoms in total. The lowest BCUT2D eigenvalue weighted by atomic mass is 9.65.